The molecule has 31 heavy (non-hydrogen) atoms. The van der Waals surface area contributed by atoms with Gasteiger partial charge in [-0.05, 0) is 88.2 Å². The van der Waals surface area contributed by atoms with Crippen LogP contribution in [0.5, 0.6) is 0 Å². The van der Waals surface area contributed by atoms with Crippen molar-refractivity contribution in [3.8, 4) is 0 Å². The lowest BCUT2D eigenvalue weighted by Gasteiger charge is -2.08. The summed E-state index contributed by atoms with van der Waals surface area (Å²) in [4.78, 5) is 13.8. The average molecular weight is 494 g/mol. The highest BCUT2D eigenvalue weighted by Gasteiger charge is 2.21. The smallest absolute Gasteiger partial charge is 0.224 e. The summed E-state index contributed by atoms with van der Waals surface area (Å²) in [5.41, 5.74) is 5.63. The van der Waals surface area contributed by atoms with Crippen LogP contribution < -0.4 is 5.32 Å². The van der Waals surface area contributed by atoms with Gasteiger partial charge in [0, 0.05) is 15.9 Å². The molecule has 0 saturated carbocycles. The number of halogens is 2. The molecule has 1 aliphatic rings. The van der Waals surface area contributed by atoms with Gasteiger partial charge in [0.15, 0.2) is 0 Å². The van der Waals surface area contributed by atoms with E-state index in [2.05, 4.69) is 51.6 Å². The zero-order valence-electron chi connectivity index (χ0n) is 17.0. The predicted octanol–water partition coefficient (Wildman–Crippen LogP) is 6.95. The molecule has 0 atom stereocenters. The normalized spacial score (nSPS) is 13.8. The fourth-order valence-corrected chi connectivity index (χ4v) is 4.46. The number of hydrogen-bond donors (Lipinski definition) is 1. The lowest BCUT2D eigenvalue weighted by atomic mass is 10.0. The first kappa shape index (κ1) is 21.6. The highest BCUT2D eigenvalue weighted by molar-refractivity contribution is 9.10. The largest absolute Gasteiger partial charge is 0.352 e. The number of allylic oxidation sites excluding steroid dienone is 2. The molecule has 0 unspecified atom stereocenters. The van der Waals surface area contributed by atoms with Gasteiger partial charge < -0.3 is 5.32 Å². The van der Waals surface area contributed by atoms with Gasteiger partial charge in [-0.1, -0.05) is 46.3 Å². The molecule has 156 valence electrons. The molecule has 0 heterocycles. The number of carbonyl (C=O) groups is 1. The Labute approximate surface area is 194 Å². The first-order chi connectivity index (χ1) is 15.0. The zero-order chi connectivity index (χ0) is 21.8. The minimum absolute atomic E-state index is 0.0907. The lowest BCUT2D eigenvalue weighted by Crippen LogP contribution is -2.22. The molecule has 0 radical (unpaired) electrons. The van der Waals surface area contributed by atoms with E-state index in [1.54, 1.807) is 17.8 Å². The van der Waals surface area contributed by atoms with Crippen molar-refractivity contribution in [2.45, 2.75) is 17.9 Å². The van der Waals surface area contributed by atoms with E-state index >= 15 is 0 Å². The fourth-order valence-electron chi connectivity index (χ4n) is 3.61. The maximum Gasteiger partial charge on any atom is 0.224 e. The fraction of sp³-hybridized carbons (Fsp3) is 0.115. The number of rotatable bonds is 6. The predicted molar refractivity (Wildman–Crippen MR) is 131 cm³/mol. The van der Waals surface area contributed by atoms with Gasteiger partial charge in [-0.15, -0.1) is 11.8 Å². The number of carbonyl (C=O) groups excluding carboxylic acids is 1. The van der Waals surface area contributed by atoms with Crippen LogP contribution in [0, 0.1) is 5.82 Å². The monoisotopic (exact) mass is 493 g/mol. The van der Waals surface area contributed by atoms with E-state index in [0.29, 0.717) is 6.54 Å². The van der Waals surface area contributed by atoms with Crippen molar-refractivity contribution >= 4 is 50.8 Å². The van der Waals surface area contributed by atoms with Crippen LogP contribution in [0.1, 0.15) is 28.7 Å². The topological polar surface area (TPSA) is 29.1 Å². The standard InChI is InChI=1S/C26H21BrFNOS/c1-31-23-8-5-17(6-9-23)11-19-13-20(25-15-22(28)7-10-24(19)25)14-26(30)29-16-18-3-2-4-21(27)12-18/h2-13,15H,14,16H2,1H3,(H,29,30). The molecule has 0 fully saturated rings. The maximum absolute atomic E-state index is 14.0. The van der Waals surface area contributed by atoms with E-state index in [9.17, 15) is 9.18 Å². The van der Waals surface area contributed by atoms with Gasteiger partial charge >= 0.3 is 0 Å². The van der Waals surface area contributed by atoms with Crippen LogP contribution in [0.25, 0.3) is 17.2 Å². The third kappa shape index (κ3) is 5.35. The highest BCUT2D eigenvalue weighted by atomic mass is 79.9. The minimum atomic E-state index is -0.301. The Kier molecular flexibility index (Phi) is 6.73. The molecule has 0 bridgehead atoms. The molecule has 3 aromatic rings. The molecule has 4 rings (SSSR count). The van der Waals surface area contributed by atoms with Gasteiger partial charge in [-0.2, -0.15) is 0 Å². The van der Waals surface area contributed by atoms with Crippen LogP contribution in [0.2, 0.25) is 0 Å². The van der Waals surface area contributed by atoms with Crippen LogP contribution in [0.15, 0.2) is 82.2 Å². The second-order valence-corrected chi connectivity index (χ2v) is 9.11. The number of fused-ring (bicyclic) bond motifs is 1. The molecular weight excluding hydrogens is 473 g/mol. The van der Waals surface area contributed by atoms with Crippen molar-refractivity contribution in [3.63, 3.8) is 0 Å². The molecule has 5 heteroatoms. The average Bonchev–Trinajstić information content (AvgIpc) is 3.09. The summed E-state index contributed by atoms with van der Waals surface area (Å²) in [7, 11) is 0. The van der Waals surface area contributed by atoms with Gasteiger partial charge in [0.1, 0.15) is 5.82 Å². The summed E-state index contributed by atoms with van der Waals surface area (Å²) in [6, 6.07) is 20.9. The van der Waals surface area contributed by atoms with Gasteiger partial charge in [-0.25, -0.2) is 4.39 Å². The van der Waals surface area contributed by atoms with Crippen LogP contribution in [-0.4, -0.2) is 12.2 Å². The molecule has 2 nitrogen and oxygen atoms in total. The zero-order valence-corrected chi connectivity index (χ0v) is 19.4. The summed E-state index contributed by atoms with van der Waals surface area (Å²) in [5, 5.41) is 2.96. The Hall–Kier alpha value is -2.63. The number of amides is 1. The SMILES string of the molecule is CSc1ccc(C=C2C=C(CC(=O)NCc3cccc(Br)c3)c3cc(F)ccc32)cc1. The van der Waals surface area contributed by atoms with Crippen molar-refractivity contribution in [2.24, 2.45) is 0 Å². The van der Waals surface area contributed by atoms with Gasteiger partial charge in [0.25, 0.3) is 0 Å². The van der Waals surface area contributed by atoms with Crippen molar-refractivity contribution in [3.05, 3.63) is 105 Å². The Balaban J connectivity index is 1.54. The molecule has 0 saturated heterocycles. The van der Waals surface area contributed by atoms with Crippen molar-refractivity contribution in [1.29, 1.82) is 0 Å². The van der Waals surface area contributed by atoms with Gasteiger partial charge in [0.2, 0.25) is 5.91 Å². The molecule has 0 aliphatic heterocycles. The van der Waals surface area contributed by atoms with E-state index in [1.807, 2.05) is 36.6 Å². The van der Waals surface area contributed by atoms with E-state index < -0.39 is 0 Å². The van der Waals surface area contributed by atoms with Gasteiger partial charge in [0.05, 0.1) is 6.42 Å². The van der Waals surface area contributed by atoms with Crippen molar-refractivity contribution in [2.75, 3.05) is 6.26 Å². The van der Waals surface area contributed by atoms with E-state index in [4.69, 9.17) is 0 Å². The Morgan fingerprint density at radius 1 is 1.06 bits per heavy atom. The first-order valence-corrected chi connectivity index (χ1v) is 11.9. The van der Waals surface area contributed by atoms with Crippen LogP contribution in [-0.2, 0) is 11.3 Å². The molecule has 1 N–H and O–H groups in total. The second-order valence-electron chi connectivity index (χ2n) is 7.32. The second kappa shape index (κ2) is 9.67. The molecular formula is C26H21BrFNOS. The molecule has 0 spiro atoms. The molecule has 0 aromatic heterocycles. The Morgan fingerprint density at radius 3 is 2.61 bits per heavy atom. The number of thioether (sulfide) groups is 1. The van der Waals surface area contributed by atoms with Crippen LogP contribution in [0.4, 0.5) is 4.39 Å². The highest BCUT2D eigenvalue weighted by Crippen LogP contribution is 2.38. The number of hydrogen-bond acceptors (Lipinski definition) is 2. The summed E-state index contributed by atoms with van der Waals surface area (Å²) < 4.78 is 14.9. The van der Waals surface area contributed by atoms with Crippen LogP contribution >= 0.6 is 27.7 Å². The molecule has 1 aliphatic carbocycles. The van der Waals surface area contributed by atoms with Crippen molar-refractivity contribution in [1.82, 2.24) is 5.32 Å². The summed E-state index contributed by atoms with van der Waals surface area (Å²) in [6.45, 7) is 0.450. The van der Waals surface area contributed by atoms with Crippen molar-refractivity contribution < 1.29 is 9.18 Å². The molecule has 3 aromatic carbocycles. The third-order valence-electron chi connectivity index (χ3n) is 5.14. The minimum Gasteiger partial charge on any atom is -0.352 e. The first-order valence-electron chi connectivity index (χ1n) is 9.89. The number of nitrogens with one attached hydrogen (secondary N) is 1. The van der Waals surface area contributed by atoms with E-state index in [1.165, 1.54) is 17.0 Å². The Morgan fingerprint density at radius 2 is 1.87 bits per heavy atom. The van der Waals surface area contributed by atoms with Gasteiger partial charge in [-0.3, -0.25) is 4.79 Å². The van der Waals surface area contributed by atoms with E-state index in [-0.39, 0.29) is 18.1 Å². The van der Waals surface area contributed by atoms with E-state index in [0.717, 1.165) is 37.9 Å². The molecule has 1 amide bonds. The summed E-state index contributed by atoms with van der Waals surface area (Å²) >= 11 is 5.14. The van der Waals surface area contributed by atoms with Crippen LogP contribution in [0.3, 0.4) is 0 Å². The summed E-state index contributed by atoms with van der Waals surface area (Å²) in [5.74, 6) is -0.392. The lowest BCUT2D eigenvalue weighted by molar-refractivity contribution is -0.120. The Bertz CT molecular complexity index is 1180. The summed E-state index contributed by atoms with van der Waals surface area (Å²) in [6.07, 6.45) is 6.32. The quantitative estimate of drug-likeness (QED) is 0.376. The third-order valence-corrected chi connectivity index (χ3v) is 6.37. The number of benzene rings is 3. The maximum atomic E-state index is 14.0.